The van der Waals surface area contributed by atoms with E-state index in [1.165, 1.54) is 23.9 Å². The van der Waals surface area contributed by atoms with Crippen molar-refractivity contribution in [3.8, 4) is 0 Å². The molecule has 1 atom stereocenters. The minimum absolute atomic E-state index is 0.565. The van der Waals surface area contributed by atoms with Crippen molar-refractivity contribution < 1.29 is 0 Å². The van der Waals surface area contributed by atoms with Crippen LogP contribution in [0.2, 0.25) is 0 Å². The van der Waals surface area contributed by atoms with Crippen LogP contribution in [0.5, 0.6) is 0 Å². The van der Waals surface area contributed by atoms with E-state index in [4.69, 9.17) is 0 Å². The molecular weight excluding hydrogens is 210 g/mol. The molecule has 0 amide bonds. The maximum absolute atomic E-state index is 4.68. The Hall–Kier alpha value is -1.35. The first-order valence-corrected chi connectivity index (χ1v) is 6.42. The topological polar surface area (TPSA) is 29.9 Å². The summed E-state index contributed by atoms with van der Waals surface area (Å²) in [4.78, 5) is 4.68. The molecule has 0 saturated carbocycles. The Balaban J connectivity index is 2.16. The molecule has 0 aliphatic carbocycles. The van der Waals surface area contributed by atoms with Gasteiger partial charge in [-0.2, -0.15) is 0 Å². The summed E-state index contributed by atoms with van der Waals surface area (Å²) in [6.07, 6.45) is 2.52. The van der Waals surface area contributed by atoms with E-state index in [0.29, 0.717) is 6.04 Å². The molecule has 0 spiro atoms. The van der Waals surface area contributed by atoms with Crippen LogP contribution >= 0.6 is 0 Å². The first-order valence-electron chi connectivity index (χ1n) is 6.42. The van der Waals surface area contributed by atoms with E-state index in [2.05, 4.69) is 46.9 Å². The first kappa shape index (κ1) is 10.8. The first-order chi connectivity index (χ1) is 8.27. The molecule has 2 heterocycles. The van der Waals surface area contributed by atoms with E-state index in [1.54, 1.807) is 0 Å². The molecule has 1 aliphatic heterocycles. The molecule has 3 rings (SSSR count). The zero-order chi connectivity index (χ0) is 11.8. The third kappa shape index (κ3) is 1.75. The predicted molar refractivity (Wildman–Crippen MR) is 70.3 cm³/mol. The van der Waals surface area contributed by atoms with Gasteiger partial charge >= 0.3 is 0 Å². The van der Waals surface area contributed by atoms with Crippen molar-refractivity contribution in [2.24, 2.45) is 0 Å². The number of imidazole rings is 1. The molecule has 1 fully saturated rings. The molecule has 17 heavy (non-hydrogen) atoms. The lowest BCUT2D eigenvalue weighted by atomic mass is 10.1. The lowest BCUT2D eigenvalue weighted by molar-refractivity contribution is 0.373. The minimum Gasteiger partial charge on any atom is -0.324 e. The highest BCUT2D eigenvalue weighted by Crippen LogP contribution is 2.27. The van der Waals surface area contributed by atoms with Gasteiger partial charge in [0.05, 0.1) is 11.0 Å². The van der Waals surface area contributed by atoms with E-state index in [-0.39, 0.29) is 0 Å². The van der Waals surface area contributed by atoms with Crippen molar-refractivity contribution in [3.63, 3.8) is 0 Å². The van der Waals surface area contributed by atoms with Gasteiger partial charge in [0.2, 0.25) is 0 Å². The Labute approximate surface area is 102 Å². The smallest absolute Gasteiger partial charge is 0.107 e. The number of para-hydroxylation sites is 1. The van der Waals surface area contributed by atoms with Crippen molar-refractivity contribution in [1.29, 1.82) is 0 Å². The van der Waals surface area contributed by atoms with Crippen molar-refractivity contribution in [2.45, 2.75) is 32.7 Å². The van der Waals surface area contributed by atoms with Crippen LogP contribution in [0.3, 0.4) is 0 Å². The number of rotatable bonds is 1. The number of piperidine rings is 1. The Morgan fingerprint density at radius 3 is 3.00 bits per heavy atom. The Morgan fingerprint density at radius 1 is 1.35 bits per heavy atom. The van der Waals surface area contributed by atoms with Crippen LogP contribution < -0.4 is 5.32 Å². The maximum Gasteiger partial charge on any atom is 0.107 e. The molecule has 0 bridgehead atoms. The second-order valence-corrected chi connectivity index (χ2v) is 4.97. The molecule has 1 aromatic heterocycles. The Kier molecular flexibility index (Phi) is 2.63. The molecule has 1 aromatic carbocycles. The summed E-state index contributed by atoms with van der Waals surface area (Å²) in [5.74, 6) is 1.14. The molecule has 1 saturated heterocycles. The zero-order valence-electron chi connectivity index (χ0n) is 10.5. The normalized spacial score (nSPS) is 20.9. The summed E-state index contributed by atoms with van der Waals surface area (Å²) in [5.41, 5.74) is 3.78. The molecule has 3 nitrogen and oxygen atoms in total. The van der Waals surface area contributed by atoms with Crippen LogP contribution in [0.1, 0.15) is 30.3 Å². The van der Waals surface area contributed by atoms with Gasteiger partial charge in [-0.15, -0.1) is 0 Å². The molecule has 1 unspecified atom stereocenters. The third-order valence-electron chi connectivity index (χ3n) is 3.72. The molecule has 0 radical (unpaired) electrons. The quantitative estimate of drug-likeness (QED) is 0.814. The van der Waals surface area contributed by atoms with Gasteiger partial charge < -0.3 is 9.88 Å². The van der Waals surface area contributed by atoms with Crippen LogP contribution in [0.4, 0.5) is 0 Å². The fraction of sp³-hybridized carbons (Fsp3) is 0.500. The summed E-state index contributed by atoms with van der Waals surface area (Å²) in [6.45, 7) is 6.52. The maximum atomic E-state index is 4.68. The van der Waals surface area contributed by atoms with Crippen molar-refractivity contribution >= 4 is 11.0 Å². The lowest BCUT2D eigenvalue weighted by Gasteiger charge is -2.26. The molecule has 1 N–H and O–H groups in total. The van der Waals surface area contributed by atoms with Crippen LogP contribution in [-0.2, 0) is 0 Å². The van der Waals surface area contributed by atoms with Gasteiger partial charge in [-0.05, 0) is 44.9 Å². The number of benzene rings is 1. The van der Waals surface area contributed by atoms with Crippen LogP contribution in [0.15, 0.2) is 18.2 Å². The summed E-state index contributed by atoms with van der Waals surface area (Å²) < 4.78 is 2.43. The van der Waals surface area contributed by atoms with Crippen molar-refractivity contribution in [2.75, 3.05) is 13.1 Å². The third-order valence-corrected chi connectivity index (χ3v) is 3.72. The number of nitrogens with zero attached hydrogens (tertiary/aromatic N) is 2. The van der Waals surface area contributed by atoms with Crippen LogP contribution in [-0.4, -0.2) is 22.6 Å². The van der Waals surface area contributed by atoms with Crippen molar-refractivity contribution in [1.82, 2.24) is 14.9 Å². The zero-order valence-corrected chi connectivity index (χ0v) is 10.5. The number of aryl methyl sites for hydroxylation is 2. The molecular formula is C14H19N3. The highest BCUT2D eigenvalue weighted by molar-refractivity contribution is 5.79. The molecule has 3 heteroatoms. The summed E-state index contributed by atoms with van der Waals surface area (Å²) in [7, 11) is 0. The number of hydrogen-bond acceptors (Lipinski definition) is 2. The van der Waals surface area contributed by atoms with Gasteiger partial charge in [0, 0.05) is 12.6 Å². The van der Waals surface area contributed by atoms with E-state index >= 15 is 0 Å². The van der Waals surface area contributed by atoms with E-state index in [1.807, 2.05) is 0 Å². The highest BCUT2D eigenvalue weighted by atomic mass is 15.1. The van der Waals surface area contributed by atoms with E-state index < -0.39 is 0 Å². The standard InChI is InChI=1S/C14H19N3/c1-10-5-3-7-13-14(10)17(11(2)16-13)12-6-4-8-15-9-12/h3,5,7,12,15H,4,6,8-9H2,1-2H3. The number of fused-ring (bicyclic) bond motifs is 1. The largest absolute Gasteiger partial charge is 0.324 e. The molecule has 90 valence electrons. The summed E-state index contributed by atoms with van der Waals surface area (Å²) in [6, 6.07) is 6.95. The Morgan fingerprint density at radius 2 is 2.24 bits per heavy atom. The van der Waals surface area contributed by atoms with Gasteiger partial charge in [0.1, 0.15) is 5.82 Å². The number of nitrogens with one attached hydrogen (secondary N) is 1. The molecule has 1 aliphatic rings. The van der Waals surface area contributed by atoms with Crippen LogP contribution in [0, 0.1) is 13.8 Å². The average molecular weight is 229 g/mol. The highest BCUT2D eigenvalue weighted by Gasteiger charge is 2.20. The lowest BCUT2D eigenvalue weighted by Crippen LogP contribution is -2.32. The fourth-order valence-electron chi connectivity index (χ4n) is 2.94. The van der Waals surface area contributed by atoms with E-state index in [0.717, 1.165) is 24.4 Å². The number of hydrogen-bond donors (Lipinski definition) is 1. The summed E-state index contributed by atoms with van der Waals surface area (Å²) >= 11 is 0. The second kappa shape index (κ2) is 4.15. The van der Waals surface area contributed by atoms with Crippen LogP contribution in [0.25, 0.3) is 11.0 Å². The second-order valence-electron chi connectivity index (χ2n) is 4.97. The van der Waals surface area contributed by atoms with Crippen molar-refractivity contribution in [3.05, 3.63) is 29.6 Å². The molecule has 2 aromatic rings. The van der Waals surface area contributed by atoms with Gasteiger partial charge in [-0.3, -0.25) is 0 Å². The Bertz CT molecular complexity index is 536. The SMILES string of the molecule is Cc1cccc2nc(C)n(C3CCCNC3)c12. The minimum atomic E-state index is 0.565. The monoisotopic (exact) mass is 229 g/mol. The predicted octanol–water partition coefficient (Wildman–Crippen LogP) is 2.58. The van der Waals surface area contributed by atoms with Gasteiger partial charge in [-0.1, -0.05) is 12.1 Å². The van der Waals surface area contributed by atoms with Gasteiger partial charge in [-0.25, -0.2) is 4.98 Å². The van der Waals surface area contributed by atoms with E-state index in [9.17, 15) is 0 Å². The average Bonchev–Trinajstić information content (AvgIpc) is 2.68. The summed E-state index contributed by atoms with van der Waals surface area (Å²) in [5, 5.41) is 3.49. The van der Waals surface area contributed by atoms with Gasteiger partial charge in [0.25, 0.3) is 0 Å². The number of aromatic nitrogens is 2. The fourth-order valence-corrected chi connectivity index (χ4v) is 2.94. The van der Waals surface area contributed by atoms with Gasteiger partial charge in [0.15, 0.2) is 0 Å².